The molecule has 1 fully saturated rings. The molecule has 3 rings (SSSR count). The number of thioether (sulfide) groups is 1. The fourth-order valence-corrected chi connectivity index (χ4v) is 5.33. The molecular formula is C19H21ClN2O3S2. The third-order valence-corrected chi connectivity index (χ3v) is 7.52. The molecule has 144 valence electrons. The van der Waals surface area contributed by atoms with Gasteiger partial charge >= 0.3 is 0 Å². The molecule has 0 spiro atoms. The summed E-state index contributed by atoms with van der Waals surface area (Å²) >= 11 is 7.28. The second kappa shape index (κ2) is 8.65. The monoisotopic (exact) mass is 424 g/mol. The molecule has 0 unspecified atom stereocenters. The van der Waals surface area contributed by atoms with Crippen LogP contribution in [0.25, 0.3) is 0 Å². The first-order valence-corrected chi connectivity index (χ1v) is 11.5. The van der Waals surface area contributed by atoms with Crippen LogP contribution in [0.1, 0.15) is 18.4 Å². The number of carbonyl (C=O) groups excluding carboxylic acids is 1. The molecule has 0 saturated carbocycles. The van der Waals surface area contributed by atoms with Crippen molar-refractivity contribution in [3.05, 3.63) is 53.1 Å². The zero-order chi connectivity index (χ0) is 19.4. The van der Waals surface area contributed by atoms with Crippen molar-refractivity contribution in [3.63, 3.8) is 0 Å². The third kappa shape index (κ3) is 5.04. The van der Waals surface area contributed by atoms with Crippen molar-refractivity contribution < 1.29 is 13.2 Å². The lowest BCUT2D eigenvalue weighted by Gasteiger charge is -2.15. The van der Waals surface area contributed by atoms with Crippen LogP contribution in [0.2, 0.25) is 5.02 Å². The lowest BCUT2D eigenvalue weighted by Crippen LogP contribution is -2.27. The van der Waals surface area contributed by atoms with Gasteiger partial charge in [0.05, 0.1) is 10.6 Å². The van der Waals surface area contributed by atoms with Gasteiger partial charge in [0.25, 0.3) is 0 Å². The van der Waals surface area contributed by atoms with E-state index in [4.69, 9.17) is 11.6 Å². The summed E-state index contributed by atoms with van der Waals surface area (Å²) in [4.78, 5) is 13.3. The van der Waals surface area contributed by atoms with Gasteiger partial charge in [-0.15, -0.1) is 11.8 Å². The minimum atomic E-state index is -3.40. The van der Waals surface area contributed by atoms with E-state index in [0.29, 0.717) is 23.0 Å². The van der Waals surface area contributed by atoms with Crippen LogP contribution in [0.3, 0.4) is 0 Å². The first-order chi connectivity index (χ1) is 12.9. The van der Waals surface area contributed by atoms with Crippen LogP contribution in [-0.2, 0) is 14.8 Å². The number of hydrogen-bond acceptors (Lipinski definition) is 4. The van der Waals surface area contributed by atoms with Gasteiger partial charge in [-0.25, -0.2) is 8.42 Å². The summed E-state index contributed by atoms with van der Waals surface area (Å²) in [6.07, 6.45) is 1.82. The van der Waals surface area contributed by atoms with Crippen molar-refractivity contribution in [2.45, 2.75) is 29.6 Å². The number of aryl methyl sites for hydroxylation is 1. The Morgan fingerprint density at radius 3 is 2.44 bits per heavy atom. The molecule has 8 heteroatoms. The Morgan fingerprint density at radius 2 is 1.81 bits per heavy atom. The van der Waals surface area contributed by atoms with Crippen LogP contribution in [-0.4, -0.2) is 37.5 Å². The van der Waals surface area contributed by atoms with Crippen LogP contribution in [0.4, 0.5) is 5.69 Å². The van der Waals surface area contributed by atoms with Crippen LogP contribution in [0.5, 0.6) is 0 Å². The van der Waals surface area contributed by atoms with Gasteiger partial charge in [-0.05, 0) is 67.8 Å². The van der Waals surface area contributed by atoms with E-state index in [1.807, 2.05) is 6.92 Å². The normalized spacial score (nSPS) is 15.0. The van der Waals surface area contributed by atoms with E-state index in [2.05, 4.69) is 5.32 Å². The Bertz CT molecular complexity index is 924. The van der Waals surface area contributed by atoms with Gasteiger partial charge in [-0.1, -0.05) is 11.6 Å². The predicted molar refractivity (Wildman–Crippen MR) is 110 cm³/mol. The lowest BCUT2D eigenvalue weighted by molar-refractivity contribution is -0.113. The highest BCUT2D eigenvalue weighted by Gasteiger charge is 2.26. The number of sulfonamides is 1. The summed E-state index contributed by atoms with van der Waals surface area (Å²) in [5.74, 6) is 0.111. The van der Waals surface area contributed by atoms with E-state index >= 15 is 0 Å². The Kier molecular flexibility index (Phi) is 6.47. The molecule has 1 saturated heterocycles. The molecule has 1 heterocycles. The van der Waals surface area contributed by atoms with Gasteiger partial charge in [0.15, 0.2) is 0 Å². The molecule has 1 N–H and O–H groups in total. The number of rotatable bonds is 6. The molecule has 0 radical (unpaired) electrons. The Hall–Kier alpha value is -1.54. The van der Waals surface area contributed by atoms with E-state index in [1.54, 1.807) is 42.5 Å². The standard InChI is InChI=1S/C19H21ClN2O3S2/c1-14-12-15(20)4-9-18(14)21-19(23)13-26-16-5-7-17(8-6-16)27(24,25)22-10-2-3-11-22/h4-9,12H,2-3,10-11,13H2,1H3,(H,21,23). The summed E-state index contributed by atoms with van der Waals surface area (Å²) in [5.41, 5.74) is 1.63. The lowest BCUT2D eigenvalue weighted by atomic mass is 10.2. The third-order valence-electron chi connectivity index (χ3n) is 4.36. The maximum Gasteiger partial charge on any atom is 0.243 e. The fraction of sp³-hybridized carbons (Fsp3) is 0.316. The molecule has 27 heavy (non-hydrogen) atoms. The number of anilines is 1. The Balaban J connectivity index is 1.57. The summed E-state index contributed by atoms with van der Waals surface area (Å²) in [6.45, 7) is 3.06. The minimum Gasteiger partial charge on any atom is -0.325 e. The summed E-state index contributed by atoms with van der Waals surface area (Å²) in [7, 11) is -3.40. The molecule has 2 aromatic carbocycles. The smallest absolute Gasteiger partial charge is 0.243 e. The van der Waals surface area contributed by atoms with Crippen LogP contribution in [0, 0.1) is 6.92 Å². The number of nitrogens with zero attached hydrogens (tertiary/aromatic N) is 1. The zero-order valence-electron chi connectivity index (χ0n) is 14.9. The molecule has 0 aromatic heterocycles. The second-order valence-electron chi connectivity index (χ2n) is 6.38. The molecule has 1 aliphatic heterocycles. The summed E-state index contributed by atoms with van der Waals surface area (Å²) in [5, 5.41) is 3.49. The van der Waals surface area contributed by atoms with Crippen molar-refractivity contribution >= 4 is 45.0 Å². The van der Waals surface area contributed by atoms with Crippen molar-refractivity contribution in [2.75, 3.05) is 24.2 Å². The molecule has 5 nitrogen and oxygen atoms in total. The number of hydrogen-bond donors (Lipinski definition) is 1. The van der Waals surface area contributed by atoms with Crippen molar-refractivity contribution in [2.24, 2.45) is 0 Å². The molecule has 0 bridgehead atoms. The Morgan fingerprint density at radius 1 is 1.15 bits per heavy atom. The number of halogens is 1. The van der Waals surface area contributed by atoms with Crippen LogP contribution < -0.4 is 5.32 Å². The van der Waals surface area contributed by atoms with Gasteiger partial charge in [0.1, 0.15) is 0 Å². The maximum atomic E-state index is 12.5. The Labute approximate surface area is 169 Å². The van der Waals surface area contributed by atoms with E-state index < -0.39 is 10.0 Å². The molecule has 1 amide bonds. The van der Waals surface area contributed by atoms with E-state index in [9.17, 15) is 13.2 Å². The molecule has 2 aromatic rings. The number of nitrogens with one attached hydrogen (secondary N) is 1. The van der Waals surface area contributed by atoms with Crippen molar-refractivity contribution in [1.82, 2.24) is 4.31 Å². The van der Waals surface area contributed by atoms with E-state index in [1.165, 1.54) is 16.1 Å². The topological polar surface area (TPSA) is 66.5 Å². The highest BCUT2D eigenvalue weighted by Crippen LogP contribution is 2.25. The molecule has 1 aliphatic rings. The first kappa shape index (κ1) is 20.2. The first-order valence-electron chi connectivity index (χ1n) is 8.65. The predicted octanol–water partition coefficient (Wildman–Crippen LogP) is 4.16. The minimum absolute atomic E-state index is 0.126. The van der Waals surface area contributed by atoms with Gasteiger partial charge < -0.3 is 5.32 Å². The highest BCUT2D eigenvalue weighted by atomic mass is 35.5. The largest absolute Gasteiger partial charge is 0.325 e. The average Bonchev–Trinajstić information content (AvgIpc) is 3.18. The summed E-state index contributed by atoms with van der Waals surface area (Å²) in [6, 6.07) is 12.0. The van der Waals surface area contributed by atoms with Gasteiger partial charge in [-0.3, -0.25) is 4.79 Å². The quantitative estimate of drug-likeness (QED) is 0.707. The van der Waals surface area contributed by atoms with Gasteiger partial charge in [-0.2, -0.15) is 4.31 Å². The number of benzene rings is 2. The number of amides is 1. The highest BCUT2D eigenvalue weighted by molar-refractivity contribution is 8.00. The fourth-order valence-electron chi connectivity index (χ4n) is 2.89. The number of carbonyl (C=O) groups is 1. The van der Waals surface area contributed by atoms with Crippen LogP contribution in [0.15, 0.2) is 52.3 Å². The molecule has 0 atom stereocenters. The van der Waals surface area contributed by atoms with Crippen LogP contribution >= 0.6 is 23.4 Å². The molecule has 0 aliphatic carbocycles. The van der Waals surface area contributed by atoms with Gasteiger partial charge in [0, 0.05) is 28.7 Å². The second-order valence-corrected chi connectivity index (χ2v) is 9.80. The zero-order valence-corrected chi connectivity index (χ0v) is 17.3. The van der Waals surface area contributed by atoms with Crippen molar-refractivity contribution in [3.8, 4) is 0 Å². The maximum absolute atomic E-state index is 12.5. The van der Waals surface area contributed by atoms with E-state index in [0.717, 1.165) is 29.0 Å². The average molecular weight is 425 g/mol. The molecular weight excluding hydrogens is 404 g/mol. The summed E-state index contributed by atoms with van der Waals surface area (Å²) < 4.78 is 26.6. The van der Waals surface area contributed by atoms with Crippen molar-refractivity contribution in [1.29, 1.82) is 0 Å². The van der Waals surface area contributed by atoms with E-state index in [-0.39, 0.29) is 11.7 Å². The van der Waals surface area contributed by atoms with Gasteiger partial charge in [0.2, 0.25) is 15.9 Å². The SMILES string of the molecule is Cc1cc(Cl)ccc1NC(=O)CSc1ccc(S(=O)(=O)N2CCCC2)cc1.